The highest BCUT2D eigenvalue weighted by Gasteiger charge is 2.43. The van der Waals surface area contributed by atoms with Crippen molar-refractivity contribution in [3.8, 4) is 67.5 Å². The summed E-state index contributed by atoms with van der Waals surface area (Å²) in [6.07, 6.45) is 6.37. The maximum Gasteiger partial charge on any atom is 0.164 e. The highest BCUT2D eigenvalue weighted by Crippen LogP contribution is 2.56. The Balaban J connectivity index is 0.986. The van der Waals surface area contributed by atoms with Crippen LogP contribution >= 0.6 is 0 Å². The molecule has 1 spiro atoms. The number of furan rings is 1. The first-order chi connectivity index (χ1) is 27.2. The molecule has 2 heterocycles. The average molecular weight is 708 g/mol. The van der Waals surface area contributed by atoms with Gasteiger partial charge in [-0.05, 0) is 99.8 Å². The number of fused-ring (bicyclic) bond motifs is 8. The van der Waals surface area contributed by atoms with Crippen molar-refractivity contribution in [2.45, 2.75) is 37.5 Å². The second kappa shape index (κ2) is 12.7. The van der Waals surface area contributed by atoms with Crippen molar-refractivity contribution >= 4 is 21.9 Å². The van der Waals surface area contributed by atoms with E-state index in [2.05, 4.69) is 103 Å². The lowest BCUT2D eigenvalue weighted by Crippen LogP contribution is -2.28. The van der Waals surface area contributed by atoms with E-state index in [-0.39, 0.29) is 5.41 Å². The van der Waals surface area contributed by atoms with Crippen LogP contribution in [0.25, 0.3) is 89.5 Å². The first kappa shape index (κ1) is 31.8. The Bertz CT molecular complexity index is 2920. The second-order valence-electron chi connectivity index (χ2n) is 15.1. The van der Waals surface area contributed by atoms with Crippen LogP contribution in [0.5, 0.6) is 0 Å². The number of nitrogens with zero attached hydrogens (tertiary/aromatic N) is 3. The van der Waals surface area contributed by atoms with E-state index >= 15 is 0 Å². The zero-order chi connectivity index (χ0) is 36.3. The lowest BCUT2D eigenvalue weighted by Gasteiger charge is -2.36. The molecule has 0 N–H and O–H groups in total. The van der Waals surface area contributed by atoms with E-state index in [0.717, 1.165) is 49.8 Å². The Morgan fingerprint density at radius 1 is 0.364 bits per heavy atom. The summed E-state index contributed by atoms with van der Waals surface area (Å²) < 4.78 is 6.13. The molecule has 2 aliphatic rings. The molecule has 0 bridgehead atoms. The SMILES string of the molecule is c1ccc(-c2nc(-c3cccc(-c4cccc(-c5ccc6c(c5)C5(CCCCC5)c5ccccc5-6)c4)c3)nc(-c3ccc4oc5ccccc5c4c3)n2)cc1. The average Bonchev–Trinajstić information content (AvgIpc) is 3.76. The molecule has 0 saturated heterocycles. The summed E-state index contributed by atoms with van der Waals surface area (Å²) in [5, 5.41) is 2.12. The molecule has 0 aliphatic heterocycles. The minimum atomic E-state index is 0.131. The fraction of sp³-hybridized carbons (Fsp3) is 0.118. The van der Waals surface area contributed by atoms with E-state index in [1.165, 1.54) is 65.5 Å². The van der Waals surface area contributed by atoms with Gasteiger partial charge in [0, 0.05) is 32.9 Å². The molecule has 11 rings (SSSR count). The summed E-state index contributed by atoms with van der Waals surface area (Å²) in [4.78, 5) is 15.2. The summed E-state index contributed by atoms with van der Waals surface area (Å²) >= 11 is 0. The minimum Gasteiger partial charge on any atom is -0.456 e. The van der Waals surface area contributed by atoms with Crippen molar-refractivity contribution in [1.29, 1.82) is 0 Å². The van der Waals surface area contributed by atoms with E-state index in [1.807, 2.05) is 60.7 Å². The normalized spacial score (nSPS) is 14.3. The van der Waals surface area contributed by atoms with Crippen LogP contribution in [0, 0.1) is 0 Å². The number of rotatable bonds is 5. The summed E-state index contributed by atoms with van der Waals surface area (Å²) in [5.74, 6) is 1.90. The minimum absolute atomic E-state index is 0.131. The second-order valence-corrected chi connectivity index (χ2v) is 15.1. The third kappa shape index (κ3) is 5.32. The van der Waals surface area contributed by atoms with Crippen LogP contribution in [0.1, 0.15) is 43.2 Å². The van der Waals surface area contributed by atoms with Gasteiger partial charge in [-0.15, -0.1) is 0 Å². The van der Waals surface area contributed by atoms with Crippen LogP contribution in [-0.2, 0) is 5.41 Å². The molecule has 0 radical (unpaired) electrons. The molecular weight excluding hydrogens is 671 g/mol. The van der Waals surface area contributed by atoms with Gasteiger partial charge in [-0.1, -0.05) is 141 Å². The smallest absolute Gasteiger partial charge is 0.164 e. The van der Waals surface area contributed by atoms with Gasteiger partial charge < -0.3 is 4.42 Å². The predicted octanol–water partition coefficient (Wildman–Crippen LogP) is 13.3. The van der Waals surface area contributed by atoms with Crippen LogP contribution in [0.3, 0.4) is 0 Å². The van der Waals surface area contributed by atoms with Gasteiger partial charge in [0.15, 0.2) is 17.5 Å². The Hall–Kier alpha value is -6.65. The fourth-order valence-corrected chi connectivity index (χ4v) is 9.26. The Kier molecular flexibility index (Phi) is 7.38. The zero-order valence-electron chi connectivity index (χ0n) is 30.4. The topological polar surface area (TPSA) is 51.8 Å². The number of hydrogen-bond acceptors (Lipinski definition) is 4. The number of hydrogen-bond donors (Lipinski definition) is 0. The molecule has 2 aliphatic carbocycles. The van der Waals surface area contributed by atoms with Crippen molar-refractivity contribution in [2.24, 2.45) is 0 Å². The van der Waals surface area contributed by atoms with Crippen molar-refractivity contribution in [3.05, 3.63) is 175 Å². The largest absolute Gasteiger partial charge is 0.456 e. The van der Waals surface area contributed by atoms with Crippen LogP contribution < -0.4 is 0 Å². The van der Waals surface area contributed by atoms with Gasteiger partial charge in [-0.3, -0.25) is 0 Å². The van der Waals surface area contributed by atoms with E-state index < -0.39 is 0 Å². The van der Waals surface area contributed by atoms with Gasteiger partial charge in [-0.25, -0.2) is 15.0 Å². The monoisotopic (exact) mass is 707 g/mol. The van der Waals surface area contributed by atoms with Gasteiger partial charge in [-0.2, -0.15) is 0 Å². The van der Waals surface area contributed by atoms with Gasteiger partial charge in [0.25, 0.3) is 0 Å². The van der Waals surface area contributed by atoms with E-state index in [1.54, 1.807) is 0 Å². The molecule has 1 fully saturated rings. The molecule has 9 aromatic rings. The summed E-state index contributed by atoms with van der Waals surface area (Å²) in [6, 6.07) is 58.3. The first-order valence-corrected chi connectivity index (χ1v) is 19.4. The standard InChI is InChI=1S/C51H37N3O/c1-3-13-33(14-4-1)48-52-49(54-50(53-48)39-24-26-47-43(31-39)42-20-6-8-22-46(42)55-47)38-18-12-17-36(30-38)34-15-11-16-35(29-34)37-23-25-41-40-19-5-7-21-44(40)51(45(41)32-37)27-9-2-10-28-51/h1,3-8,11-26,29-32H,2,9-10,27-28H2. The molecule has 4 nitrogen and oxygen atoms in total. The van der Waals surface area contributed by atoms with Gasteiger partial charge >= 0.3 is 0 Å². The van der Waals surface area contributed by atoms with Gasteiger partial charge in [0.1, 0.15) is 11.2 Å². The van der Waals surface area contributed by atoms with Crippen molar-refractivity contribution in [1.82, 2.24) is 15.0 Å². The third-order valence-corrected chi connectivity index (χ3v) is 11.9. The van der Waals surface area contributed by atoms with Crippen molar-refractivity contribution in [2.75, 3.05) is 0 Å². The Labute approximate surface area is 320 Å². The van der Waals surface area contributed by atoms with E-state index in [9.17, 15) is 0 Å². The lowest BCUT2D eigenvalue weighted by atomic mass is 9.67. The van der Waals surface area contributed by atoms with Crippen LogP contribution in [0.15, 0.2) is 168 Å². The molecule has 7 aromatic carbocycles. The van der Waals surface area contributed by atoms with Crippen molar-refractivity contribution in [3.63, 3.8) is 0 Å². The van der Waals surface area contributed by atoms with Gasteiger partial charge in [0.2, 0.25) is 0 Å². The Morgan fingerprint density at radius 3 is 1.69 bits per heavy atom. The molecule has 1 saturated carbocycles. The highest BCUT2D eigenvalue weighted by molar-refractivity contribution is 6.06. The van der Waals surface area contributed by atoms with Crippen LogP contribution in [-0.4, -0.2) is 15.0 Å². The molecular formula is C51H37N3O. The predicted molar refractivity (Wildman–Crippen MR) is 224 cm³/mol. The lowest BCUT2D eigenvalue weighted by molar-refractivity contribution is 0.353. The number of benzene rings is 7. The van der Waals surface area contributed by atoms with E-state index in [0.29, 0.717) is 17.5 Å². The number of aromatic nitrogens is 3. The fourth-order valence-electron chi connectivity index (χ4n) is 9.26. The van der Waals surface area contributed by atoms with Crippen LogP contribution in [0.2, 0.25) is 0 Å². The molecule has 262 valence electrons. The molecule has 55 heavy (non-hydrogen) atoms. The quantitative estimate of drug-likeness (QED) is 0.179. The summed E-state index contributed by atoms with van der Waals surface area (Å²) in [7, 11) is 0. The molecule has 0 atom stereocenters. The maximum atomic E-state index is 6.13. The molecule has 0 unspecified atom stereocenters. The molecule has 4 heteroatoms. The third-order valence-electron chi connectivity index (χ3n) is 11.9. The summed E-state index contributed by atoms with van der Waals surface area (Å²) in [6.45, 7) is 0. The van der Waals surface area contributed by atoms with E-state index in [4.69, 9.17) is 19.4 Å². The van der Waals surface area contributed by atoms with Crippen LogP contribution in [0.4, 0.5) is 0 Å². The molecule has 0 amide bonds. The molecule has 2 aromatic heterocycles. The first-order valence-electron chi connectivity index (χ1n) is 19.4. The summed E-state index contributed by atoms with van der Waals surface area (Å²) in [5.41, 5.74) is 15.3. The van der Waals surface area contributed by atoms with Crippen molar-refractivity contribution < 1.29 is 4.42 Å². The van der Waals surface area contributed by atoms with Gasteiger partial charge in [0.05, 0.1) is 0 Å². The highest BCUT2D eigenvalue weighted by atomic mass is 16.3. The number of para-hydroxylation sites is 1. The Morgan fingerprint density at radius 2 is 0.909 bits per heavy atom. The maximum absolute atomic E-state index is 6.13. The zero-order valence-corrected chi connectivity index (χ0v) is 30.4.